The van der Waals surface area contributed by atoms with Crippen LogP contribution in [-0.4, -0.2) is 25.9 Å². The van der Waals surface area contributed by atoms with E-state index in [-0.39, 0.29) is 23.4 Å². The van der Waals surface area contributed by atoms with Crippen LogP contribution in [0.15, 0.2) is 23.8 Å². The topological polar surface area (TPSA) is 38.7 Å². The number of unbranched alkanes of at least 4 members (excludes halogenated alkanes) is 2. The molecule has 0 heterocycles. The molecule has 1 aromatic rings. The third-order valence-electron chi connectivity index (χ3n) is 9.27. The lowest BCUT2D eigenvalue weighted by atomic mass is 9.45. The van der Waals surface area contributed by atoms with Crippen molar-refractivity contribution < 1.29 is 14.6 Å². The molecular weight excluding hydrogens is 408 g/mol. The fourth-order valence-electron chi connectivity index (χ4n) is 7.10. The SMILES string of the molecule is CCCCCC(C(C)C)C(C)(C)c1cc(OC)c(C2C=C(CO)C3C[C@@H]2C3(C)C)c(OC)c1. The van der Waals surface area contributed by atoms with Crippen molar-refractivity contribution in [3.63, 3.8) is 0 Å². The molecule has 1 aromatic carbocycles. The van der Waals surface area contributed by atoms with Gasteiger partial charge in [0.1, 0.15) is 11.5 Å². The van der Waals surface area contributed by atoms with Crippen molar-refractivity contribution in [2.45, 2.75) is 91.9 Å². The molecule has 3 unspecified atom stereocenters. The maximum absolute atomic E-state index is 10.1. The van der Waals surface area contributed by atoms with Crippen molar-refractivity contribution in [2.24, 2.45) is 29.1 Å². The summed E-state index contributed by atoms with van der Waals surface area (Å²) < 4.78 is 12.1. The first-order valence-corrected chi connectivity index (χ1v) is 13.1. The van der Waals surface area contributed by atoms with E-state index in [0.29, 0.717) is 23.7 Å². The highest BCUT2D eigenvalue weighted by atomic mass is 16.5. The van der Waals surface area contributed by atoms with Gasteiger partial charge in [-0.1, -0.05) is 73.8 Å². The lowest BCUT2D eigenvalue weighted by molar-refractivity contribution is -0.0260. The highest BCUT2D eigenvalue weighted by molar-refractivity contribution is 5.55. The average Bonchev–Trinajstić information content (AvgIpc) is 2.79. The Morgan fingerprint density at radius 1 is 1.09 bits per heavy atom. The number of aliphatic hydroxyl groups excluding tert-OH is 1. The molecular formula is C30H48O3. The van der Waals surface area contributed by atoms with Crippen LogP contribution in [-0.2, 0) is 5.41 Å². The van der Waals surface area contributed by atoms with E-state index in [1.807, 2.05) is 0 Å². The minimum absolute atomic E-state index is 0.0144. The van der Waals surface area contributed by atoms with Crippen LogP contribution in [0.2, 0.25) is 0 Å². The van der Waals surface area contributed by atoms with Crippen LogP contribution in [0, 0.1) is 29.1 Å². The first-order valence-electron chi connectivity index (χ1n) is 13.1. The van der Waals surface area contributed by atoms with Crippen LogP contribution in [0.3, 0.4) is 0 Å². The van der Waals surface area contributed by atoms with Gasteiger partial charge in [-0.3, -0.25) is 0 Å². The third-order valence-corrected chi connectivity index (χ3v) is 9.27. The van der Waals surface area contributed by atoms with Crippen LogP contribution in [0.4, 0.5) is 0 Å². The molecule has 33 heavy (non-hydrogen) atoms. The van der Waals surface area contributed by atoms with E-state index in [4.69, 9.17) is 9.47 Å². The zero-order valence-corrected chi connectivity index (χ0v) is 22.6. The van der Waals surface area contributed by atoms with E-state index in [2.05, 4.69) is 66.7 Å². The summed E-state index contributed by atoms with van der Waals surface area (Å²) in [6.07, 6.45) is 8.51. The molecule has 3 heteroatoms. The zero-order valence-electron chi connectivity index (χ0n) is 22.6. The number of ether oxygens (including phenoxy) is 2. The van der Waals surface area contributed by atoms with E-state index >= 15 is 0 Å². The van der Waals surface area contributed by atoms with Crippen molar-refractivity contribution >= 4 is 0 Å². The van der Waals surface area contributed by atoms with Gasteiger partial charge in [0.25, 0.3) is 0 Å². The Balaban J connectivity index is 2.06. The Hall–Kier alpha value is -1.48. The fourth-order valence-corrected chi connectivity index (χ4v) is 7.10. The predicted molar refractivity (Wildman–Crippen MR) is 138 cm³/mol. The normalized spacial score (nSPS) is 24.8. The fraction of sp³-hybridized carbons (Fsp3) is 0.733. The summed E-state index contributed by atoms with van der Waals surface area (Å²) >= 11 is 0. The predicted octanol–water partition coefficient (Wildman–Crippen LogP) is 7.51. The maximum atomic E-state index is 10.1. The summed E-state index contributed by atoms with van der Waals surface area (Å²) in [5.41, 5.74) is 3.82. The summed E-state index contributed by atoms with van der Waals surface area (Å²) in [4.78, 5) is 0. The molecule has 3 nitrogen and oxygen atoms in total. The lowest BCUT2D eigenvalue weighted by Gasteiger charge is -2.59. The first kappa shape index (κ1) is 26.1. The van der Waals surface area contributed by atoms with Crippen LogP contribution in [0.1, 0.15) is 97.6 Å². The summed E-state index contributed by atoms with van der Waals surface area (Å²) in [6, 6.07) is 4.55. The van der Waals surface area contributed by atoms with Gasteiger partial charge in [-0.2, -0.15) is 0 Å². The van der Waals surface area contributed by atoms with Gasteiger partial charge in [0.05, 0.1) is 20.8 Å². The molecule has 4 atom stereocenters. The molecule has 0 saturated heterocycles. The van der Waals surface area contributed by atoms with Crippen molar-refractivity contribution in [3.05, 3.63) is 34.9 Å². The Morgan fingerprint density at radius 2 is 1.70 bits per heavy atom. The molecule has 186 valence electrons. The molecule has 4 rings (SSSR count). The van der Waals surface area contributed by atoms with Crippen LogP contribution in [0.5, 0.6) is 11.5 Å². The van der Waals surface area contributed by atoms with Gasteiger partial charge in [-0.25, -0.2) is 0 Å². The number of benzene rings is 1. The number of fused-ring (bicyclic) bond motifs is 1. The Bertz CT molecular complexity index is 823. The molecule has 1 fully saturated rings. The second-order valence-corrected chi connectivity index (χ2v) is 12.0. The summed E-state index contributed by atoms with van der Waals surface area (Å²) in [7, 11) is 3.56. The molecule has 3 aliphatic rings. The van der Waals surface area contributed by atoms with E-state index < -0.39 is 0 Å². The molecule has 0 aromatic heterocycles. The van der Waals surface area contributed by atoms with Crippen LogP contribution >= 0.6 is 0 Å². The van der Waals surface area contributed by atoms with Gasteiger partial charge >= 0.3 is 0 Å². The molecule has 0 amide bonds. The van der Waals surface area contributed by atoms with Crippen molar-refractivity contribution in [1.82, 2.24) is 0 Å². The van der Waals surface area contributed by atoms with Gasteiger partial charge in [-0.15, -0.1) is 0 Å². The van der Waals surface area contributed by atoms with Crippen LogP contribution < -0.4 is 9.47 Å². The Kier molecular flexibility index (Phi) is 7.93. The third kappa shape index (κ3) is 4.59. The van der Waals surface area contributed by atoms with E-state index in [0.717, 1.165) is 23.5 Å². The van der Waals surface area contributed by atoms with E-state index in [9.17, 15) is 5.11 Å². The molecule has 3 aliphatic carbocycles. The maximum Gasteiger partial charge on any atom is 0.126 e. The molecule has 0 radical (unpaired) electrons. The smallest absolute Gasteiger partial charge is 0.126 e. The molecule has 1 N–H and O–H groups in total. The lowest BCUT2D eigenvalue weighted by Crippen LogP contribution is -2.51. The number of hydrogen-bond donors (Lipinski definition) is 1. The number of rotatable bonds is 11. The molecule has 2 bridgehead atoms. The van der Waals surface area contributed by atoms with E-state index in [1.54, 1.807) is 14.2 Å². The summed E-state index contributed by atoms with van der Waals surface area (Å²) in [5.74, 6) is 4.28. The van der Waals surface area contributed by atoms with Gasteiger partial charge in [0, 0.05) is 11.5 Å². The average molecular weight is 457 g/mol. The minimum atomic E-state index is 0.0144. The van der Waals surface area contributed by atoms with Gasteiger partial charge in [0.2, 0.25) is 0 Å². The second-order valence-electron chi connectivity index (χ2n) is 12.0. The highest BCUT2D eigenvalue weighted by Gasteiger charge is 2.56. The highest BCUT2D eigenvalue weighted by Crippen LogP contribution is 2.65. The molecule has 0 aliphatic heterocycles. The zero-order chi connectivity index (χ0) is 24.6. The van der Waals surface area contributed by atoms with Crippen molar-refractivity contribution in [2.75, 3.05) is 20.8 Å². The summed E-state index contributed by atoms with van der Waals surface area (Å²) in [5, 5.41) is 10.1. The molecule has 1 saturated carbocycles. The number of allylic oxidation sites excluding steroid dienone is 1. The van der Waals surface area contributed by atoms with Gasteiger partial charge in [0.15, 0.2) is 0 Å². The monoisotopic (exact) mass is 456 g/mol. The minimum Gasteiger partial charge on any atom is -0.496 e. The summed E-state index contributed by atoms with van der Waals surface area (Å²) in [6.45, 7) is 16.6. The van der Waals surface area contributed by atoms with Crippen molar-refractivity contribution in [1.29, 1.82) is 0 Å². The van der Waals surface area contributed by atoms with Gasteiger partial charge < -0.3 is 14.6 Å². The van der Waals surface area contributed by atoms with Gasteiger partial charge in [-0.05, 0) is 70.6 Å². The van der Waals surface area contributed by atoms with E-state index in [1.165, 1.54) is 36.8 Å². The number of aliphatic hydroxyl groups is 1. The Morgan fingerprint density at radius 3 is 2.15 bits per heavy atom. The van der Waals surface area contributed by atoms with Crippen LogP contribution in [0.25, 0.3) is 0 Å². The quantitative estimate of drug-likeness (QED) is 0.276. The second kappa shape index (κ2) is 10.0. The largest absolute Gasteiger partial charge is 0.496 e. The van der Waals surface area contributed by atoms with Crippen molar-refractivity contribution in [3.8, 4) is 11.5 Å². The number of methoxy groups -OCH3 is 2. The number of hydrogen-bond acceptors (Lipinski definition) is 3. The molecule has 0 spiro atoms. The first-order chi connectivity index (χ1) is 15.5. The Labute approximate surface area is 203 Å². The standard InChI is InChI=1S/C30H48O3/c1-10-11-12-13-23(19(2)3)29(4,5)21-15-26(32-8)28(27(16-21)33-9)22-14-20(18-31)24-17-25(22)30(24,6)7/h14-16,19,22-25,31H,10-13,17-18H2,1-9H3/t22?,23?,24?,25-/m0/s1.